The summed E-state index contributed by atoms with van der Waals surface area (Å²) in [6.07, 6.45) is 0.901. The van der Waals surface area contributed by atoms with Gasteiger partial charge in [-0.15, -0.1) is 0 Å². The van der Waals surface area contributed by atoms with Crippen LogP contribution in [-0.2, 0) is 14.4 Å². The van der Waals surface area contributed by atoms with Crippen LogP contribution in [-0.4, -0.2) is 76.8 Å². The third-order valence-corrected chi connectivity index (χ3v) is 5.64. The van der Waals surface area contributed by atoms with E-state index in [0.29, 0.717) is 15.5 Å². The van der Waals surface area contributed by atoms with Crippen molar-refractivity contribution in [2.45, 2.75) is 45.1 Å². The summed E-state index contributed by atoms with van der Waals surface area (Å²) in [6.45, 7) is -8.58. The summed E-state index contributed by atoms with van der Waals surface area (Å²) in [4.78, 5) is 42.9. The molecule has 194 valence electrons. The Morgan fingerprint density at radius 1 is 1.28 bits per heavy atom. The van der Waals surface area contributed by atoms with Crippen LogP contribution in [0.15, 0.2) is 30.6 Å². The highest BCUT2D eigenvalue weighted by Crippen LogP contribution is 2.36. The number of carboxylic acid groups (broad SMARTS) is 1. The molecule has 0 aliphatic carbocycles. The van der Waals surface area contributed by atoms with Gasteiger partial charge in [-0.1, -0.05) is 44.5 Å². The van der Waals surface area contributed by atoms with E-state index >= 15 is 0 Å². The van der Waals surface area contributed by atoms with Gasteiger partial charge in [0, 0.05) is 55.6 Å². The van der Waals surface area contributed by atoms with Gasteiger partial charge in [-0.3, -0.25) is 14.4 Å². The number of carbonyl (C=O) groups excluding carboxylic acids is 2. The maximum Gasteiger partial charge on any atom is 0.290 e. The predicted octanol–water partition coefficient (Wildman–Crippen LogP) is 2.71. The van der Waals surface area contributed by atoms with Crippen LogP contribution in [0.1, 0.15) is 61.1 Å². The van der Waals surface area contributed by atoms with Gasteiger partial charge in [0.2, 0.25) is 11.8 Å². The molecule has 0 bridgehead atoms. The zero-order chi connectivity index (χ0) is 33.4. The molecule has 1 fully saturated rings. The molecule has 1 aromatic carbocycles. The lowest BCUT2D eigenvalue weighted by Crippen LogP contribution is -2.51. The number of aromatic nitrogens is 2. The van der Waals surface area contributed by atoms with Gasteiger partial charge in [-0.2, -0.15) is 0 Å². The molecule has 36 heavy (non-hydrogen) atoms. The Bertz CT molecular complexity index is 1370. The van der Waals surface area contributed by atoms with Crippen LogP contribution in [0.3, 0.4) is 0 Å². The average Bonchev–Trinajstić information content (AvgIpc) is 2.88. The van der Waals surface area contributed by atoms with Crippen molar-refractivity contribution in [2.24, 2.45) is 0 Å². The van der Waals surface area contributed by atoms with Crippen molar-refractivity contribution in [3.8, 4) is 0 Å². The molecular weight excluding hydrogens is 484 g/mol. The van der Waals surface area contributed by atoms with Gasteiger partial charge in [0.15, 0.2) is 0 Å². The number of carbonyl (C=O) groups is 3. The molecule has 2 aliphatic rings. The van der Waals surface area contributed by atoms with Gasteiger partial charge >= 0.3 is 0 Å². The molecule has 2 aliphatic heterocycles. The minimum Gasteiger partial charge on any atom is -0.483 e. The largest absolute Gasteiger partial charge is 0.483 e. The predicted molar refractivity (Wildman–Crippen MR) is 139 cm³/mol. The number of hydrogen-bond donors (Lipinski definition) is 3. The van der Waals surface area contributed by atoms with E-state index in [1.54, 1.807) is 6.92 Å². The summed E-state index contributed by atoms with van der Waals surface area (Å²) >= 11 is 6.01. The highest BCUT2D eigenvalue weighted by atomic mass is 35.5. The first kappa shape index (κ1) is 18.1. The van der Waals surface area contributed by atoms with Crippen molar-refractivity contribution < 1.29 is 30.5 Å². The molecule has 2 atom stereocenters. The van der Waals surface area contributed by atoms with E-state index in [-0.39, 0.29) is 47.7 Å². The van der Waals surface area contributed by atoms with E-state index in [1.807, 2.05) is 13.8 Å². The number of fused-ring (bicyclic) bond motifs is 1. The number of piperazine rings is 1. The fraction of sp³-hybridized carbons (Fsp3) is 0.480. The highest BCUT2D eigenvalue weighted by Gasteiger charge is 2.32. The summed E-state index contributed by atoms with van der Waals surface area (Å²) in [7, 11) is 0. The fourth-order valence-corrected chi connectivity index (χ4v) is 3.83. The Balaban J connectivity index is 0.00000169. The Labute approximate surface area is 227 Å². The Hall–Kier alpha value is -3.24. The average molecular weight is 525 g/mol. The maximum absolute atomic E-state index is 14.1. The molecule has 10 nitrogen and oxygen atoms in total. The number of rotatable bonds is 6. The lowest BCUT2D eigenvalue weighted by molar-refractivity contribution is -0.133. The number of nitrogens with zero attached hydrogens (tertiary/aromatic N) is 4. The lowest BCUT2D eigenvalue weighted by atomic mass is 9.94. The Morgan fingerprint density at radius 3 is 2.53 bits per heavy atom. The van der Waals surface area contributed by atoms with Crippen molar-refractivity contribution in [3.05, 3.63) is 46.7 Å². The van der Waals surface area contributed by atoms with Crippen LogP contribution < -0.4 is 15.5 Å². The topological polar surface area (TPSA) is 128 Å². The molecule has 3 N–H and O–H groups in total. The maximum atomic E-state index is 14.1. The second-order valence-corrected chi connectivity index (χ2v) is 8.78. The minimum absolute atomic E-state index is 0.00691. The van der Waals surface area contributed by atoms with E-state index in [1.165, 1.54) is 24.3 Å². The van der Waals surface area contributed by atoms with E-state index in [2.05, 4.69) is 20.6 Å². The highest BCUT2D eigenvalue weighted by molar-refractivity contribution is 6.30. The lowest BCUT2D eigenvalue weighted by Gasteiger charge is -2.38. The first-order valence-electron chi connectivity index (χ1n) is 15.1. The number of benzene rings is 1. The second kappa shape index (κ2) is 12.6. The monoisotopic (exact) mass is 524 g/mol. The SMILES string of the molecule is O=CO.[2H]C1([2H])N(C(=O)[C@H](CNC(C)C)c2ccc(Cl)cc2)C([2H])([2H])C([2H])([2H])N(c2ncnc3c2[C@H](C)CC(=O)N3)C1([2H])[2H]. The summed E-state index contributed by atoms with van der Waals surface area (Å²) < 4.78 is 70.9. The van der Waals surface area contributed by atoms with E-state index in [4.69, 9.17) is 32.5 Å². The number of amides is 2. The van der Waals surface area contributed by atoms with Gasteiger partial charge < -0.3 is 25.5 Å². The summed E-state index contributed by atoms with van der Waals surface area (Å²) in [5.41, 5.74) is 0.489. The normalized spacial score (nSPS) is 26.9. The number of hydrogen-bond acceptors (Lipinski definition) is 7. The Morgan fingerprint density at radius 2 is 1.92 bits per heavy atom. The van der Waals surface area contributed by atoms with Crippen LogP contribution in [0.25, 0.3) is 0 Å². The molecule has 0 unspecified atom stereocenters. The summed E-state index contributed by atoms with van der Waals surface area (Å²) in [6, 6.07) is 5.99. The van der Waals surface area contributed by atoms with Crippen LogP contribution in [0.5, 0.6) is 0 Å². The van der Waals surface area contributed by atoms with Gasteiger partial charge in [0.25, 0.3) is 6.47 Å². The van der Waals surface area contributed by atoms with Crippen molar-refractivity contribution in [2.75, 3.05) is 42.7 Å². The van der Waals surface area contributed by atoms with E-state index < -0.39 is 49.5 Å². The fourth-order valence-electron chi connectivity index (χ4n) is 3.71. The van der Waals surface area contributed by atoms with Gasteiger partial charge in [-0.25, -0.2) is 9.97 Å². The Kier molecular flexibility index (Phi) is 6.35. The van der Waals surface area contributed by atoms with E-state index in [9.17, 15) is 9.59 Å². The van der Waals surface area contributed by atoms with Gasteiger partial charge in [-0.05, 0) is 23.6 Å². The van der Waals surface area contributed by atoms with Crippen molar-refractivity contribution in [1.82, 2.24) is 20.2 Å². The standard InChI is InChI=1S/C24H31ClN6O2.CH2O2/c1-15(2)26-13-19(17-4-6-18(25)7-5-17)24(33)31-10-8-30(9-11-31)23-21-16(3)12-20(32)29-22(21)27-14-28-23;2-1-3/h4-7,14-16,19,26H,8-13H2,1-3H3,(H,27,28,29,32);1H,(H,2,3)/t16-,19-;/m1./s1/i8D2,9D2,10D2,11D2;. The van der Waals surface area contributed by atoms with Crippen molar-refractivity contribution in [1.29, 1.82) is 0 Å². The van der Waals surface area contributed by atoms with Crippen LogP contribution in [0.4, 0.5) is 11.6 Å². The number of nitrogens with one attached hydrogen (secondary N) is 2. The molecule has 0 radical (unpaired) electrons. The smallest absolute Gasteiger partial charge is 0.290 e. The number of halogens is 1. The minimum atomic E-state index is -3.42. The molecule has 2 aromatic rings. The summed E-state index contributed by atoms with van der Waals surface area (Å²) in [5.74, 6) is -3.78. The van der Waals surface area contributed by atoms with Gasteiger partial charge in [0.05, 0.1) is 16.9 Å². The molecule has 2 amide bonds. The van der Waals surface area contributed by atoms with E-state index in [0.717, 1.165) is 6.33 Å². The molecule has 0 saturated carbocycles. The summed E-state index contributed by atoms with van der Waals surface area (Å²) in [5, 5.41) is 12.9. The molecule has 3 heterocycles. The first-order chi connectivity index (χ1) is 20.3. The molecule has 0 spiro atoms. The van der Waals surface area contributed by atoms with Crippen LogP contribution >= 0.6 is 11.6 Å². The van der Waals surface area contributed by atoms with Gasteiger partial charge in [0.1, 0.15) is 18.0 Å². The molecular formula is C25H33ClN6O4. The molecule has 11 heteroatoms. The van der Waals surface area contributed by atoms with Crippen molar-refractivity contribution in [3.63, 3.8) is 0 Å². The second-order valence-electron chi connectivity index (χ2n) is 8.34. The molecule has 1 aromatic heterocycles. The molecule has 1 saturated heterocycles. The third kappa shape index (κ3) is 6.70. The number of anilines is 2. The third-order valence-electron chi connectivity index (χ3n) is 5.39. The quantitative estimate of drug-likeness (QED) is 0.492. The van der Waals surface area contributed by atoms with Crippen LogP contribution in [0, 0.1) is 0 Å². The van der Waals surface area contributed by atoms with Crippen molar-refractivity contribution >= 4 is 41.5 Å². The van der Waals surface area contributed by atoms with Crippen LogP contribution in [0.2, 0.25) is 5.02 Å². The zero-order valence-electron chi connectivity index (χ0n) is 27.9. The first-order valence-corrected chi connectivity index (χ1v) is 11.5. The zero-order valence-corrected chi connectivity index (χ0v) is 20.7. The molecule has 4 rings (SSSR count).